The smallest absolute Gasteiger partial charge is 0.349 e. The number of rotatable bonds is 3. The third kappa shape index (κ3) is 3.77. The number of piperidine rings is 1. The molecule has 1 aliphatic rings. The minimum absolute atomic E-state index is 0.00131. The lowest BCUT2D eigenvalue weighted by molar-refractivity contribution is -0.143. The van der Waals surface area contributed by atoms with Gasteiger partial charge in [-0.05, 0) is 38.1 Å². The van der Waals surface area contributed by atoms with Crippen LogP contribution >= 0.6 is 11.6 Å². The van der Waals surface area contributed by atoms with Crippen molar-refractivity contribution in [1.82, 2.24) is 25.4 Å². The van der Waals surface area contributed by atoms with Crippen molar-refractivity contribution < 1.29 is 18.0 Å². The van der Waals surface area contributed by atoms with Crippen LogP contribution in [-0.2, 0) is 6.18 Å². The van der Waals surface area contributed by atoms with Crippen molar-refractivity contribution in [2.75, 3.05) is 13.1 Å². The summed E-state index contributed by atoms with van der Waals surface area (Å²) in [6, 6.07) is 2.73. The Kier molecular flexibility index (Phi) is 4.96. The number of halogens is 4. The summed E-state index contributed by atoms with van der Waals surface area (Å²) in [6.07, 6.45) is -1.28. The second-order valence-corrected chi connectivity index (χ2v) is 6.03. The van der Waals surface area contributed by atoms with Crippen molar-refractivity contribution in [3.8, 4) is 5.82 Å². The van der Waals surface area contributed by atoms with Gasteiger partial charge < -0.3 is 10.6 Å². The Morgan fingerprint density at radius 3 is 2.72 bits per heavy atom. The van der Waals surface area contributed by atoms with Gasteiger partial charge in [-0.3, -0.25) is 4.79 Å². The molecule has 10 heteroatoms. The number of nitrogens with zero attached hydrogens (tertiary/aromatic N) is 3. The number of nitrogens with one attached hydrogen (secondary N) is 2. The highest BCUT2D eigenvalue weighted by molar-refractivity contribution is 6.32. The number of carbonyl (C=O) groups excluding carboxylic acids is 1. The summed E-state index contributed by atoms with van der Waals surface area (Å²) >= 11 is 5.93. The van der Waals surface area contributed by atoms with E-state index in [1.165, 1.54) is 18.3 Å². The first-order valence-corrected chi connectivity index (χ1v) is 8.03. The van der Waals surface area contributed by atoms with Crippen LogP contribution in [0.4, 0.5) is 13.2 Å². The van der Waals surface area contributed by atoms with Crippen LogP contribution < -0.4 is 10.6 Å². The maximum Gasteiger partial charge on any atom is 0.434 e. The molecular weight excluding hydrogens is 359 g/mol. The molecule has 1 amide bonds. The van der Waals surface area contributed by atoms with E-state index in [0.717, 1.165) is 6.20 Å². The van der Waals surface area contributed by atoms with Gasteiger partial charge in [-0.2, -0.15) is 18.3 Å². The molecule has 0 unspecified atom stereocenters. The molecule has 0 aromatic carbocycles. The number of hydrogen-bond acceptors (Lipinski definition) is 4. The zero-order valence-corrected chi connectivity index (χ0v) is 13.7. The van der Waals surface area contributed by atoms with Crippen molar-refractivity contribution in [2.24, 2.45) is 0 Å². The molecule has 3 heterocycles. The van der Waals surface area contributed by atoms with Crippen molar-refractivity contribution >= 4 is 17.5 Å². The predicted octanol–water partition coefficient (Wildman–Crippen LogP) is 2.42. The fourth-order valence-electron chi connectivity index (χ4n) is 2.71. The third-order valence-corrected chi connectivity index (χ3v) is 4.19. The summed E-state index contributed by atoms with van der Waals surface area (Å²) in [5, 5.41) is 9.47. The molecule has 0 radical (unpaired) electrons. The summed E-state index contributed by atoms with van der Waals surface area (Å²) in [5.41, 5.74) is -1.74. The highest BCUT2D eigenvalue weighted by atomic mass is 35.5. The predicted molar refractivity (Wildman–Crippen MR) is 84.7 cm³/mol. The Labute approximate surface area is 146 Å². The van der Waals surface area contributed by atoms with Gasteiger partial charge in [0.25, 0.3) is 5.91 Å². The van der Waals surface area contributed by atoms with Crippen LogP contribution in [0, 0.1) is 0 Å². The number of hydrogen-bond donors (Lipinski definition) is 2. The topological polar surface area (TPSA) is 71.8 Å². The number of amides is 1. The van der Waals surface area contributed by atoms with Crippen LogP contribution in [0.3, 0.4) is 0 Å². The number of pyridine rings is 1. The minimum atomic E-state index is -4.79. The number of alkyl halides is 3. The van der Waals surface area contributed by atoms with Crippen molar-refractivity contribution in [2.45, 2.75) is 25.1 Å². The van der Waals surface area contributed by atoms with Crippen LogP contribution in [0.1, 0.15) is 28.9 Å². The molecular formula is C15H15ClF3N5O. The van der Waals surface area contributed by atoms with Crippen molar-refractivity contribution in [3.63, 3.8) is 0 Å². The first kappa shape index (κ1) is 17.7. The van der Waals surface area contributed by atoms with Gasteiger partial charge in [0.1, 0.15) is 0 Å². The van der Waals surface area contributed by atoms with Crippen LogP contribution in [0.5, 0.6) is 0 Å². The van der Waals surface area contributed by atoms with Crippen molar-refractivity contribution in [1.29, 1.82) is 0 Å². The molecule has 2 aromatic rings. The van der Waals surface area contributed by atoms with Crippen LogP contribution in [0.25, 0.3) is 5.82 Å². The van der Waals surface area contributed by atoms with Gasteiger partial charge >= 0.3 is 6.18 Å². The Morgan fingerprint density at radius 2 is 2.08 bits per heavy atom. The number of aromatic nitrogens is 3. The first-order chi connectivity index (χ1) is 11.9. The molecule has 1 saturated heterocycles. The zero-order valence-electron chi connectivity index (χ0n) is 13.0. The molecule has 0 spiro atoms. The molecule has 0 bridgehead atoms. The first-order valence-electron chi connectivity index (χ1n) is 7.65. The molecule has 134 valence electrons. The van der Waals surface area contributed by atoms with Gasteiger partial charge in [0.05, 0.1) is 16.8 Å². The standard InChI is InChI=1S/C15H15ClF3N5O/c16-11-2-1-5-21-13(11)24-12(15(17,18)19)10(8-22-24)14(25)23-9-3-6-20-7-4-9/h1-2,5,8-9,20H,3-4,6-7H2,(H,23,25). The molecule has 0 saturated carbocycles. The summed E-state index contributed by atoms with van der Waals surface area (Å²) in [7, 11) is 0. The van der Waals surface area contributed by atoms with E-state index >= 15 is 0 Å². The maximum atomic E-state index is 13.6. The van der Waals surface area contributed by atoms with E-state index < -0.39 is 23.3 Å². The van der Waals surface area contributed by atoms with Gasteiger partial charge in [-0.25, -0.2) is 9.67 Å². The molecule has 2 N–H and O–H groups in total. The SMILES string of the molecule is O=C(NC1CCNCC1)c1cnn(-c2ncccc2Cl)c1C(F)(F)F. The largest absolute Gasteiger partial charge is 0.434 e. The summed E-state index contributed by atoms with van der Waals surface area (Å²) in [5.74, 6) is -0.991. The Bertz CT molecular complexity index is 771. The lowest BCUT2D eigenvalue weighted by Crippen LogP contribution is -2.43. The molecule has 6 nitrogen and oxygen atoms in total. The van der Waals surface area contributed by atoms with Crippen LogP contribution in [0.15, 0.2) is 24.5 Å². The van der Waals surface area contributed by atoms with Crippen LogP contribution in [0.2, 0.25) is 5.02 Å². The quantitative estimate of drug-likeness (QED) is 0.866. The van der Waals surface area contributed by atoms with E-state index in [1.54, 1.807) is 0 Å². The lowest BCUT2D eigenvalue weighted by atomic mass is 10.1. The fourth-order valence-corrected chi connectivity index (χ4v) is 2.91. The summed E-state index contributed by atoms with van der Waals surface area (Å²) < 4.78 is 41.3. The Morgan fingerprint density at radius 1 is 1.36 bits per heavy atom. The normalized spacial score (nSPS) is 16.0. The second kappa shape index (κ2) is 7.01. The second-order valence-electron chi connectivity index (χ2n) is 5.62. The zero-order chi connectivity index (χ0) is 18.0. The van der Waals surface area contributed by atoms with E-state index in [0.29, 0.717) is 30.6 Å². The van der Waals surface area contributed by atoms with E-state index in [4.69, 9.17) is 11.6 Å². The summed E-state index contributed by atoms with van der Waals surface area (Å²) in [6.45, 7) is 1.42. The summed E-state index contributed by atoms with van der Waals surface area (Å²) in [4.78, 5) is 16.2. The highest BCUT2D eigenvalue weighted by Crippen LogP contribution is 2.34. The van der Waals surface area contributed by atoms with Crippen LogP contribution in [-0.4, -0.2) is 39.8 Å². The van der Waals surface area contributed by atoms with E-state index in [9.17, 15) is 18.0 Å². The Hall–Kier alpha value is -2.13. The van der Waals surface area contributed by atoms with E-state index in [-0.39, 0.29) is 16.9 Å². The highest BCUT2D eigenvalue weighted by Gasteiger charge is 2.41. The number of carbonyl (C=O) groups is 1. The van der Waals surface area contributed by atoms with Gasteiger partial charge in [0, 0.05) is 12.2 Å². The van der Waals surface area contributed by atoms with Gasteiger partial charge in [0.2, 0.25) is 0 Å². The molecule has 2 aromatic heterocycles. The van der Waals surface area contributed by atoms with Gasteiger partial charge in [-0.15, -0.1) is 0 Å². The average Bonchev–Trinajstić information content (AvgIpc) is 3.01. The molecule has 1 fully saturated rings. The van der Waals surface area contributed by atoms with Gasteiger partial charge in [0.15, 0.2) is 11.5 Å². The molecule has 3 rings (SSSR count). The molecule has 0 atom stereocenters. The monoisotopic (exact) mass is 373 g/mol. The average molecular weight is 374 g/mol. The fraction of sp³-hybridized carbons (Fsp3) is 0.400. The molecule has 25 heavy (non-hydrogen) atoms. The van der Waals surface area contributed by atoms with E-state index in [2.05, 4.69) is 20.7 Å². The Balaban J connectivity index is 1.97. The van der Waals surface area contributed by atoms with Gasteiger partial charge in [-0.1, -0.05) is 11.6 Å². The molecule has 1 aliphatic heterocycles. The third-order valence-electron chi connectivity index (χ3n) is 3.90. The lowest BCUT2D eigenvalue weighted by Gasteiger charge is -2.23. The molecule has 0 aliphatic carbocycles. The van der Waals surface area contributed by atoms with Crippen molar-refractivity contribution in [3.05, 3.63) is 40.8 Å². The van der Waals surface area contributed by atoms with E-state index in [1.807, 2.05) is 0 Å². The maximum absolute atomic E-state index is 13.6. The minimum Gasteiger partial charge on any atom is -0.349 e.